The fourth-order valence-corrected chi connectivity index (χ4v) is 2.53. The first-order valence-corrected chi connectivity index (χ1v) is 6.06. The first-order chi connectivity index (χ1) is 8.25. The van der Waals surface area contributed by atoms with Crippen molar-refractivity contribution in [3.63, 3.8) is 0 Å². The monoisotopic (exact) mass is 227 g/mol. The minimum atomic E-state index is 0.0707. The van der Waals surface area contributed by atoms with E-state index < -0.39 is 0 Å². The molecule has 1 heterocycles. The standard InChI is InChI=1S/C14H17N3/c1-17-8-7-13(16-17)14(15)12-9-11(12)10-5-3-2-4-6-10/h2-8,11-12,14H,9,15H2,1H3. The predicted molar refractivity (Wildman–Crippen MR) is 67.4 cm³/mol. The SMILES string of the molecule is Cn1ccc(C(N)C2CC2c2ccccc2)n1. The molecule has 2 aromatic rings. The molecule has 1 saturated carbocycles. The largest absolute Gasteiger partial charge is 0.322 e. The summed E-state index contributed by atoms with van der Waals surface area (Å²) in [6, 6.07) is 12.7. The Balaban J connectivity index is 1.73. The molecule has 1 aromatic carbocycles. The number of hydrogen-bond donors (Lipinski definition) is 1. The Morgan fingerprint density at radius 3 is 2.71 bits per heavy atom. The maximum atomic E-state index is 6.27. The van der Waals surface area contributed by atoms with E-state index in [1.165, 1.54) is 12.0 Å². The number of benzene rings is 1. The smallest absolute Gasteiger partial charge is 0.0794 e. The van der Waals surface area contributed by atoms with Crippen molar-refractivity contribution in [2.24, 2.45) is 18.7 Å². The van der Waals surface area contributed by atoms with Gasteiger partial charge in [0.1, 0.15) is 0 Å². The van der Waals surface area contributed by atoms with Crippen LogP contribution in [0.4, 0.5) is 0 Å². The Hall–Kier alpha value is -1.61. The number of aromatic nitrogens is 2. The molecule has 0 spiro atoms. The topological polar surface area (TPSA) is 43.8 Å². The summed E-state index contributed by atoms with van der Waals surface area (Å²) in [6.07, 6.45) is 3.14. The van der Waals surface area contributed by atoms with Gasteiger partial charge in [-0.3, -0.25) is 4.68 Å². The summed E-state index contributed by atoms with van der Waals surface area (Å²) in [6.45, 7) is 0. The number of nitrogens with two attached hydrogens (primary N) is 1. The number of rotatable bonds is 3. The molecular weight excluding hydrogens is 210 g/mol. The van der Waals surface area contributed by atoms with Crippen LogP contribution in [0.3, 0.4) is 0 Å². The van der Waals surface area contributed by atoms with Gasteiger partial charge in [0.25, 0.3) is 0 Å². The van der Waals surface area contributed by atoms with Gasteiger partial charge in [0.05, 0.1) is 11.7 Å². The van der Waals surface area contributed by atoms with Crippen LogP contribution in [0.1, 0.15) is 29.6 Å². The lowest BCUT2D eigenvalue weighted by atomic mass is 10.0. The van der Waals surface area contributed by atoms with Gasteiger partial charge in [-0.1, -0.05) is 30.3 Å². The first-order valence-electron chi connectivity index (χ1n) is 6.06. The molecule has 1 aliphatic rings. The first kappa shape index (κ1) is 10.5. The molecule has 3 atom stereocenters. The number of aryl methyl sites for hydroxylation is 1. The van der Waals surface area contributed by atoms with Gasteiger partial charge in [-0.25, -0.2) is 0 Å². The van der Waals surface area contributed by atoms with Crippen molar-refractivity contribution in [2.75, 3.05) is 0 Å². The summed E-state index contributed by atoms with van der Waals surface area (Å²) in [5.41, 5.74) is 8.68. The highest BCUT2D eigenvalue weighted by Crippen LogP contribution is 2.52. The molecule has 0 amide bonds. The maximum absolute atomic E-state index is 6.27. The maximum Gasteiger partial charge on any atom is 0.0794 e. The molecule has 2 N–H and O–H groups in total. The third kappa shape index (κ3) is 1.98. The molecule has 3 unspecified atom stereocenters. The van der Waals surface area contributed by atoms with E-state index in [0.29, 0.717) is 11.8 Å². The molecule has 1 aliphatic carbocycles. The van der Waals surface area contributed by atoms with Crippen molar-refractivity contribution in [1.82, 2.24) is 9.78 Å². The van der Waals surface area contributed by atoms with Gasteiger partial charge in [0.15, 0.2) is 0 Å². The van der Waals surface area contributed by atoms with Gasteiger partial charge in [0.2, 0.25) is 0 Å². The third-order valence-electron chi connectivity index (χ3n) is 3.60. The molecule has 1 fully saturated rings. The van der Waals surface area contributed by atoms with Crippen LogP contribution < -0.4 is 5.73 Å². The molecule has 1 aromatic heterocycles. The Morgan fingerprint density at radius 1 is 1.29 bits per heavy atom. The van der Waals surface area contributed by atoms with Gasteiger partial charge in [-0.15, -0.1) is 0 Å². The van der Waals surface area contributed by atoms with Crippen molar-refractivity contribution in [3.8, 4) is 0 Å². The zero-order chi connectivity index (χ0) is 11.8. The van der Waals surface area contributed by atoms with E-state index in [-0.39, 0.29) is 6.04 Å². The summed E-state index contributed by atoms with van der Waals surface area (Å²) in [5, 5.41) is 4.39. The van der Waals surface area contributed by atoms with Crippen LogP contribution in [0.25, 0.3) is 0 Å². The van der Waals surface area contributed by atoms with Crippen LogP contribution in [0, 0.1) is 5.92 Å². The molecule has 0 radical (unpaired) electrons. The summed E-state index contributed by atoms with van der Waals surface area (Å²) in [7, 11) is 1.93. The summed E-state index contributed by atoms with van der Waals surface area (Å²) in [5.74, 6) is 1.17. The second kappa shape index (κ2) is 4.00. The molecule has 3 heteroatoms. The fourth-order valence-electron chi connectivity index (χ4n) is 2.53. The van der Waals surface area contributed by atoms with Crippen LogP contribution in [0.5, 0.6) is 0 Å². The molecule has 0 saturated heterocycles. The predicted octanol–water partition coefficient (Wildman–Crippen LogP) is 2.22. The Kier molecular flexibility index (Phi) is 2.48. The lowest BCUT2D eigenvalue weighted by Crippen LogP contribution is -2.14. The minimum Gasteiger partial charge on any atom is -0.322 e. The van der Waals surface area contributed by atoms with Crippen LogP contribution >= 0.6 is 0 Å². The summed E-state index contributed by atoms with van der Waals surface area (Å²) >= 11 is 0. The highest BCUT2D eigenvalue weighted by atomic mass is 15.3. The minimum absolute atomic E-state index is 0.0707. The van der Waals surface area contributed by atoms with E-state index in [9.17, 15) is 0 Å². The third-order valence-corrected chi connectivity index (χ3v) is 3.60. The molecule has 88 valence electrons. The van der Waals surface area contributed by atoms with Crippen molar-refractivity contribution in [3.05, 3.63) is 53.9 Å². The van der Waals surface area contributed by atoms with E-state index in [4.69, 9.17) is 5.73 Å². The van der Waals surface area contributed by atoms with Gasteiger partial charge in [-0.05, 0) is 29.9 Å². The van der Waals surface area contributed by atoms with E-state index in [1.54, 1.807) is 0 Å². The molecule has 17 heavy (non-hydrogen) atoms. The second-order valence-corrected chi connectivity index (χ2v) is 4.86. The average molecular weight is 227 g/mol. The van der Waals surface area contributed by atoms with Crippen molar-refractivity contribution in [2.45, 2.75) is 18.4 Å². The summed E-state index contributed by atoms with van der Waals surface area (Å²) in [4.78, 5) is 0. The quantitative estimate of drug-likeness (QED) is 0.873. The highest BCUT2D eigenvalue weighted by Gasteiger charge is 2.43. The molecule has 3 rings (SSSR count). The highest BCUT2D eigenvalue weighted by molar-refractivity contribution is 5.28. The fraction of sp³-hybridized carbons (Fsp3) is 0.357. The zero-order valence-corrected chi connectivity index (χ0v) is 9.95. The van der Waals surface area contributed by atoms with Crippen LogP contribution in [0.15, 0.2) is 42.6 Å². The lowest BCUT2D eigenvalue weighted by molar-refractivity contribution is 0.583. The van der Waals surface area contributed by atoms with Crippen LogP contribution in [-0.2, 0) is 7.05 Å². The van der Waals surface area contributed by atoms with Gasteiger partial charge in [0, 0.05) is 13.2 Å². The number of hydrogen-bond acceptors (Lipinski definition) is 2. The molecule has 0 bridgehead atoms. The summed E-state index contributed by atoms with van der Waals surface area (Å²) < 4.78 is 1.81. The zero-order valence-electron chi connectivity index (χ0n) is 9.95. The molecular formula is C14H17N3. The van der Waals surface area contributed by atoms with Crippen LogP contribution in [0.2, 0.25) is 0 Å². The second-order valence-electron chi connectivity index (χ2n) is 4.86. The Labute approximate surface area is 101 Å². The van der Waals surface area contributed by atoms with E-state index >= 15 is 0 Å². The van der Waals surface area contributed by atoms with E-state index in [1.807, 2.05) is 24.0 Å². The molecule has 0 aliphatic heterocycles. The Morgan fingerprint density at radius 2 is 2.06 bits per heavy atom. The number of nitrogens with zero attached hydrogens (tertiary/aromatic N) is 2. The molecule has 3 nitrogen and oxygen atoms in total. The van der Waals surface area contributed by atoms with Gasteiger partial charge >= 0.3 is 0 Å². The Bertz CT molecular complexity index is 503. The van der Waals surface area contributed by atoms with E-state index in [2.05, 4.69) is 35.4 Å². The average Bonchev–Trinajstić information content (AvgIpc) is 3.05. The van der Waals surface area contributed by atoms with E-state index in [0.717, 1.165) is 5.69 Å². The normalized spacial score (nSPS) is 24.6. The van der Waals surface area contributed by atoms with Gasteiger partial charge in [-0.2, -0.15) is 5.10 Å². The van der Waals surface area contributed by atoms with Crippen LogP contribution in [-0.4, -0.2) is 9.78 Å². The van der Waals surface area contributed by atoms with Crippen molar-refractivity contribution < 1.29 is 0 Å². The van der Waals surface area contributed by atoms with Crippen molar-refractivity contribution in [1.29, 1.82) is 0 Å². The lowest BCUT2D eigenvalue weighted by Gasteiger charge is -2.08. The van der Waals surface area contributed by atoms with Crippen molar-refractivity contribution >= 4 is 0 Å². The van der Waals surface area contributed by atoms with Gasteiger partial charge < -0.3 is 5.73 Å².